The Morgan fingerprint density at radius 1 is 1.23 bits per heavy atom. The molecule has 1 saturated carbocycles. The maximum atomic E-state index is 12.5. The second kappa shape index (κ2) is 5.82. The van der Waals surface area contributed by atoms with Crippen molar-refractivity contribution >= 4 is 6.03 Å². The van der Waals surface area contributed by atoms with Crippen molar-refractivity contribution in [1.82, 2.24) is 10.2 Å². The van der Waals surface area contributed by atoms with Crippen molar-refractivity contribution in [3.05, 3.63) is 35.4 Å². The van der Waals surface area contributed by atoms with Crippen LogP contribution in [0.3, 0.4) is 0 Å². The van der Waals surface area contributed by atoms with Crippen molar-refractivity contribution < 1.29 is 18.0 Å². The molecular formula is C16H19F3N2O. The van der Waals surface area contributed by atoms with Gasteiger partial charge >= 0.3 is 12.2 Å². The van der Waals surface area contributed by atoms with E-state index in [1.807, 2.05) is 4.90 Å². The van der Waals surface area contributed by atoms with Gasteiger partial charge in [-0.25, -0.2) is 4.79 Å². The Balaban J connectivity index is 1.46. The zero-order valence-electron chi connectivity index (χ0n) is 12.2. The Kier molecular flexibility index (Phi) is 4.02. The molecule has 1 aliphatic heterocycles. The number of amides is 2. The number of benzene rings is 1. The van der Waals surface area contributed by atoms with Crippen LogP contribution in [-0.2, 0) is 12.6 Å². The first-order valence-electron chi connectivity index (χ1n) is 7.64. The van der Waals surface area contributed by atoms with Crippen LogP contribution in [-0.4, -0.2) is 30.1 Å². The van der Waals surface area contributed by atoms with Gasteiger partial charge in [-0.3, -0.25) is 0 Å². The van der Waals surface area contributed by atoms with Gasteiger partial charge in [-0.1, -0.05) is 12.1 Å². The number of carbonyl (C=O) groups is 1. The van der Waals surface area contributed by atoms with Crippen molar-refractivity contribution in [3.63, 3.8) is 0 Å². The van der Waals surface area contributed by atoms with Crippen molar-refractivity contribution in [2.45, 2.75) is 37.9 Å². The minimum atomic E-state index is -4.30. The highest BCUT2D eigenvalue weighted by Gasteiger charge is 2.40. The van der Waals surface area contributed by atoms with E-state index >= 15 is 0 Å². The third-order valence-electron chi connectivity index (χ3n) is 4.64. The molecule has 2 amide bonds. The number of urea groups is 1. The summed E-state index contributed by atoms with van der Waals surface area (Å²) >= 11 is 0. The average molecular weight is 312 g/mol. The maximum Gasteiger partial charge on any atom is 0.416 e. The van der Waals surface area contributed by atoms with Crippen molar-refractivity contribution in [2.75, 3.05) is 13.1 Å². The smallest absolute Gasteiger partial charge is 0.338 e. The van der Waals surface area contributed by atoms with Gasteiger partial charge in [-0.05, 0) is 49.3 Å². The number of nitrogens with zero attached hydrogens (tertiary/aromatic N) is 1. The fourth-order valence-corrected chi connectivity index (χ4v) is 3.45. The van der Waals surface area contributed by atoms with Crippen LogP contribution in [0.25, 0.3) is 0 Å². The predicted octanol–water partition coefficient (Wildman–Crippen LogP) is 3.44. The number of carbonyl (C=O) groups excluding carboxylic acids is 1. The summed E-state index contributed by atoms with van der Waals surface area (Å²) in [5, 5.41) is 2.87. The van der Waals surface area contributed by atoms with Gasteiger partial charge < -0.3 is 10.2 Å². The summed E-state index contributed by atoms with van der Waals surface area (Å²) in [6.07, 6.45) is -0.336. The number of piperidine rings is 1. The highest BCUT2D eigenvalue weighted by Crippen LogP contribution is 2.37. The standard InChI is InChI=1S/C16H19F3N2O/c17-16(18,19)13-4-1-11(2-5-13)7-8-20-15(22)21-10-12-3-6-14(21)9-12/h1-2,4-5,12,14H,3,6-10H2,(H,20,22). The van der Waals surface area contributed by atoms with Gasteiger partial charge in [0.25, 0.3) is 0 Å². The minimum absolute atomic E-state index is 0.0425. The van der Waals surface area contributed by atoms with Gasteiger partial charge in [0.05, 0.1) is 5.56 Å². The van der Waals surface area contributed by atoms with Crippen LogP contribution in [0.15, 0.2) is 24.3 Å². The summed E-state index contributed by atoms with van der Waals surface area (Å²) in [4.78, 5) is 14.0. The summed E-state index contributed by atoms with van der Waals surface area (Å²) in [5.41, 5.74) is 0.143. The number of rotatable bonds is 3. The van der Waals surface area contributed by atoms with Crippen LogP contribution < -0.4 is 5.32 Å². The molecule has 2 unspecified atom stereocenters. The molecule has 0 radical (unpaired) electrons. The topological polar surface area (TPSA) is 32.3 Å². The lowest BCUT2D eigenvalue weighted by molar-refractivity contribution is -0.137. The molecule has 0 spiro atoms. The lowest BCUT2D eigenvalue weighted by atomic mass is 10.1. The van der Waals surface area contributed by atoms with Crippen LogP contribution in [0.5, 0.6) is 0 Å². The Morgan fingerprint density at radius 3 is 2.50 bits per heavy atom. The van der Waals surface area contributed by atoms with E-state index < -0.39 is 11.7 Å². The number of hydrogen-bond donors (Lipinski definition) is 1. The molecule has 1 aliphatic carbocycles. The summed E-state index contributed by atoms with van der Waals surface area (Å²) in [6.45, 7) is 1.29. The van der Waals surface area contributed by atoms with Crippen LogP contribution in [0, 0.1) is 5.92 Å². The molecule has 2 bridgehead atoms. The molecule has 1 N–H and O–H groups in total. The van der Waals surface area contributed by atoms with Crippen molar-refractivity contribution in [2.24, 2.45) is 5.92 Å². The van der Waals surface area contributed by atoms with E-state index in [0.717, 1.165) is 37.1 Å². The SMILES string of the molecule is O=C(NCCc1ccc(C(F)(F)F)cc1)N1CC2CCC1C2. The summed E-state index contributed by atoms with van der Waals surface area (Å²) < 4.78 is 37.4. The Labute approximate surface area is 127 Å². The number of alkyl halides is 3. The van der Waals surface area contributed by atoms with Gasteiger partial charge in [0.2, 0.25) is 0 Å². The van der Waals surface area contributed by atoms with Gasteiger partial charge in [0, 0.05) is 19.1 Å². The molecule has 3 nitrogen and oxygen atoms in total. The minimum Gasteiger partial charge on any atom is -0.338 e. The van der Waals surface area contributed by atoms with E-state index in [1.54, 1.807) is 0 Å². The van der Waals surface area contributed by atoms with Gasteiger partial charge in [-0.2, -0.15) is 13.2 Å². The summed E-state index contributed by atoms with van der Waals surface area (Å²) in [6, 6.07) is 5.43. The molecule has 1 aromatic carbocycles. The fraction of sp³-hybridized carbons (Fsp3) is 0.562. The molecule has 2 fully saturated rings. The fourth-order valence-electron chi connectivity index (χ4n) is 3.45. The van der Waals surface area contributed by atoms with E-state index in [0.29, 0.717) is 24.9 Å². The number of hydrogen-bond acceptors (Lipinski definition) is 1. The highest BCUT2D eigenvalue weighted by atomic mass is 19.4. The molecule has 22 heavy (non-hydrogen) atoms. The largest absolute Gasteiger partial charge is 0.416 e. The Morgan fingerprint density at radius 2 is 1.95 bits per heavy atom. The number of fused-ring (bicyclic) bond motifs is 2. The molecule has 0 aromatic heterocycles. The molecule has 2 atom stereocenters. The quantitative estimate of drug-likeness (QED) is 0.911. The van der Waals surface area contributed by atoms with Crippen LogP contribution in [0.2, 0.25) is 0 Å². The van der Waals surface area contributed by atoms with Crippen molar-refractivity contribution in [3.8, 4) is 0 Å². The van der Waals surface area contributed by atoms with Crippen molar-refractivity contribution in [1.29, 1.82) is 0 Å². The molecule has 120 valence electrons. The van der Waals surface area contributed by atoms with E-state index in [4.69, 9.17) is 0 Å². The van der Waals surface area contributed by atoms with Gasteiger partial charge in [0.1, 0.15) is 0 Å². The zero-order valence-corrected chi connectivity index (χ0v) is 12.2. The molecular weight excluding hydrogens is 293 g/mol. The highest BCUT2D eigenvalue weighted by molar-refractivity contribution is 5.75. The van der Waals surface area contributed by atoms with Crippen LogP contribution in [0.4, 0.5) is 18.0 Å². The monoisotopic (exact) mass is 312 g/mol. The molecule has 1 aromatic rings. The number of likely N-dealkylation sites (tertiary alicyclic amines) is 1. The van der Waals surface area contributed by atoms with Gasteiger partial charge in [0.15, 0.2) is 0 Å². The van der Waals surface area contributed by atoms with Crippen LogP contribution >= 0.6 is 0 Å². The molecule has 6 heteroatoms. The average Bonchev–Trinajstić information content (AvgIpc) is 3.09. The van der Waals surface area contributed by atoms with Gasteiger partial charge in [-0.15, -0.1) is 0 Å². The maximum absolute atomic E-state index is 12.5. The molecule has 1 saturated heterocycles. The van der Waals surface area contributed by atoms with E-state index in [9.17, 15) is 18.0 Å². The number of halogens is 3. The first kappa shape index (κ1) is 15.2. The normalized spacial score (nSPS) is 23.9. The van der Waals surface area contributed by atoms with Crippen LogP contribution in [0.1, 0.15) is 30.4 Å². The first-order valence-corrected chi connectivity index (χ1v) is 7.64. The lowest BCUT2D eigenvalue weighted by Crippen LogP contribution is -2.44. The third kappa shape index (κ3) is 3.20. The zero-order chi connectivity index (χ0) is 15.7. The molecule has 3 rings (SSSR count). The Bertz CT molecular complexity index is 541. The molecule has 2 aliphatic rings. The van der Waals surface area contributed by atoms with E-state index in [2.05, 4.69) is 5.32 Å². The first-order chi connectivity index (χ1) is 10.4. The summed E-state index contributed by atoms with van der Waals surface area (Å²) in [5.74, 6) is 0.658. The Hall–Kier alpha value is -1.72. The summed E-state index contributed by atoms with van der Waals surface area (Å²) in [7, 11) is 0. The predicted molar refractivity (Wildman–Crippen MR) is 76.4 cm³/mol. The second-order valence-electron chi connectivity index (χ2n) is 6.16. The van der Waals surface area contributed by atoms with E-state index in [1.165, 1.54) is 18.6 Å². The number of nitrogens with one attached hydrogen (secondary N) is 1. The molecule has 1 heterocycles. The van der Waals surface area contributed by atoms with E-state index in [-0.39, 0.29) is 6.03 Å². The third-order valence-corrected chi connectivity index (χ3v) is 4.64. The second-order valence-corrected chi connectivity index (χ2v) is 6.16. The lowest BCUT2D eigenvalue weighted by Gasteiger charge is -2.27.